The van der Waals surface area contributed by atoms with Crippen LogP contribution in [-0.2, 0) is 9.53 Å². The largest absolute Gasteiger partial charge is 0.462 e. The summed E-state index contributed by atoms with van der Waals surface area (Å²) in [5.41, 5.74) is 0.552. The summed E-state index contributed by atoms with van der Waals surface area (Å²) < 4.78 is 4.99. The Labute approximate surface area is 74.6 Å². The molecule has 0 aromatic carbocycles. The molecule has 0 amide bonds. The molecule has 0 rings (SSSR count). The zero-order valence-electron chi connectivity index (χ0n) is 8.39. The highest BCUT2D eigenvalue weighted by atomic mass is 16.5. The maximum atomic E-state index is 11.2. The Balaban J connectivity index is 3.81. The Morgan fingerprint density at radius 3 is 2.17 bits per heavy atom. The summed E-state index contributed by atoms with van der Waals surface area (Å²) in [5, 5.41) is 0. The van der Waals surface area contributed by atoms with Crippen LogP contribution in [0.25, 0.3) is 0 Å². The van der Waals surface area contributed by atoms with Crippen molar-refractivity contribution in [1.82, 2.24) is 0 Å². The topological polar surface area (TPSA) is 26.3 Å². The van der Waals surface area contributed by atoms with Crippen molar-refractivity contribution < 1.29 is 9.53 Å². The first kappa shape index (κ1) is 11.2. The zero-order valence-corrected chi connectivity index (χ0v) is 8.39. The average molecular weight is 170 g/mol. The molecule has 70 valence electrons. The highest BCUT2D eigenvalue weighted by Gasteiger charge is 2.12. The molecule has 0 bridgehead atoms. The van der Waals surface area contributed by atoms with Gasteiger partial charge in [-0.1, -0.05) is 34.3 Å². The van der Waals surface area contributed by atoms with Crippen molar-refractivity contribution in [3.05, 3.63) is 12.2 Å². The molecule has 2 nitrogen and oxygen atoms in total. The van der Waals surface area contributed by atoms with Gasteiger partial charge in [0.05, 0.1) is 6.61 Å². The minimum atomic E-state index is -0.265. The van der Waals surface area contributed by atoms with E-state index in [0.29, 0.717) is 18.1 Å². The Bertz CT molecular complexity index is 169. The third kappa shape index (κ3) is 4.16. The number of carbonyl (C=O) groups excluding carboxylic acids is 1. The Morgan fingerprint density at radius 2 is 1.83 bits per heavy atom. The zero-order chi connectivity index (χ0) is 9.72. The number of carbonyl (C=O) groups is 1. The van der Waals surface area contributed by atoms with Gasteiger partial charge < -0.3 is 4.74 Å². The molecule has 2 heteroatoms. The van der Waals surface area contributed by atoms with Gasteiger partial charge >= 0.3 is 5.97 Å². The smallest absolute Gasteiger partial charge is 0.333 e. The van der Waals surface area contributed by atoms with Crippen LogP contribution in [0.3, 0.4) is 0 Å². The van der Waals surface area contributed by atoms with E-state index in [9.17, 15) is 4.79 Å². The third-order valence-corrected chi connectivity index (χ3v) is 1.51. The van der Waals surface area contributed by atoms with Gasteiger partial charge in [-0.05, 0) is 11.8 Å². The van der Waals surface area contributed by atoms with Crippen molar-refractivity contribution in [2.24, 2.45) is 11.8 Å². The molecule has 0 atom stereocenters. The molecule has 0 unspecified atom stereocenters. The second-order valence-electron chi connectivity index (χ2n) is 3.67. The molecule has 0 heterocycles. The van der Waals surface area contributed by atoms with Crippen molar-refractivity contribution in [2.75, 3.05) is 6.61 Å². The number of rotatable bonds is 4. The molecule has 0 N–H and O–H groups in total. The lowest BCUT2D eigenvalue weighted by Gasteiger charge is -2.10. The van der Waals surface area contributed by atoms with Crippen LogP contribution in [0.1, 0.15) is 27.7 Å². The van der Waals surface area contributed by atoms with Crippen LogP contribution in [0.4, 0.5) is 0 Å². The van der Waals surface area contributed by atoms with Gasteiger partial charge in [0, 0.05) is 5.57 Å². The number of hydrogen-bond donors (Lipinski definition) is 0. The first-order valence-electron chi connectivity index (χ1n) is 4.31. The van der Waals surface area contributed by atoms with Gasteiger partial charge in [-0.3, -0.25) is 0 Å². The SMILES string of the molecule is C=C(C(=O)OCC(C)C)C(C)C. The molecule has 0 aromatic rings. The minimum absolute atomic E-state index is 0.171. The molecule has 0 radical (unpaired) electrons. The van der Waals surface area contributed by atoms with Crippen LogP contribution in [0.2, 0.25) is 0 Å². The van der Waals surface area contributed by atoms with E-state index in [-0.39, 0.29) is 11.9 Å². The molecule has 12 heavy (non-hydrogen) atoms. The number of hydrogen-bond acceptors (Lipinski definition) is 2. The second-order valence-corrected chi connectivity index (χ2v) is 3.67. The molecule has 0 saturated heterocycles. The molecular formula is C10H18O2. The molecule has 0 aliphatic heterocycles. The molecule has 0 aliphatic rings. The monoisotopic (exact) mass is 170 g/mol. The van der Waals surface area contributed by atoms with Gasteiger partial charge in [0.15, 0.2) is 0 Å². The third-order valence-electron chi connectivity index (χ3n) is 1.51. The van der Waals surface area contributed by atoms with E-state index < -0.39 is 0 Å². The summed E-state index contributed by atoms with van der Waals surface area (Å²) >= 11 is 0. The van der Waals surface area contributed by atoms with E-state index in [4.69, 9.17) is 4.74 Å². The van der Waals surface area contributed by atoms with Gasteiger partial charge in [0.25, 0.3) is 0 Å². The fourth-order valence-corrected chi connectivity index (χ4v) is 0.571. The molecular weight excluding hydrogens is 152 g/mol. The van der Waals surface area contributed by atoms with Crippen molar-refractivity contribution in [2.45, 2.75) is 27.7 Å². The van der Waals surface area contributed by atoms with Gasteiger partial charge in [0.2, 0.25) is 0 Å². The van der Waals surface area contributed by atoms with Gasteiger partial charge in [-0.2, -0.15) is 0 Å². The lowest BCUT2D eigenvalue weighted by atomic mass is 10.1. The standard InChI is InChI=1S/C10H18O2/c1-7(2)6-12-10(11)9(5)8(3)4/h7-8H,5-6H2,1-4H3. The van der Waals surface area contributed by atoms with Crippen LogP contribution in [-0.4, -0.2) is 12.6 Å². The van der Waals surface area contributed by atoms with Crippen molar-refractivity contribution in [3.8, 4) is 0 Å². The predicted molar refractivity (Wildman–Crippen MR) is 49.8 cm³/mol. The Hall–Kier alpha value is -0.790. The molecule has 0 aromatic heterocycles. The van der Waals surface area contributed by atoms with Gasteiger partial charge in [-0.25, -0.2) is 4.79 Å². The van der Waals surface area contributed by atoms with Gasteiger partial charge in [0.1, 0.15) is 0 Å². The summed E-state index contributed by atoms with van der Waals surface area (Å²) in [5.74, 6) is 0.289. The minimum Gasteiger partial charge on any atom is -0.462 e. The van der Waals surface area contributed by atoms with E-state index in [2.05, 4.69) is 6.58 Å². The summed E-state index contributed by atoms with van der Waals surface area (Å²) in [6, 6.07) is 0. The van der Waals surface area contributed by atoms with Crippen LogP contribution >= 0.6 is 0 Å². The van der Waals surface area contributed by atoms with E-state index in [0.717, 1.165) is 0 Å². The lowest BCUT2D eigenvalue weighted by molar-refractivity contribution is -0.140. The molecule has 0 saturated carbocycles. The van der Waals surface area contributed by atoms with Crippen LogP contribution < -0.4 is 0 Å². The summed E-state index contributed by atoms with van der Waals surface area (Å²) in [7, 11) is 0. The Morgan fingerprint density at radius 1 is 1.33 bits per heavy atom. The van der Waals surface area contributed by atoms with E-state index in [1.54, 1.807) is 0 Å². The van der Waals surface area contributed by atoms with Crippen LogP contribution in [0.5, 0.6) is 0 Å². The molecule has 0 fully saturated rings. The van der Waals surface area contributed by atoms with E-state index in [1.807, 2.05) is 27.7 Å². The fourth-order valence-electron chi connectivity index (χ4n) is 0.571. The highest BCUT2D eigenvalue weighted by molar-refractivity contribution is 5.88. The predicted octanol–water partition coefficient (Wildman–Crippen LogP) is 2.40. The maximum absolute atomic E-state index is 11.2. The average Bonchev–Trinajstić information content (AvgIpc) is 1.98. The summed E-state index contributed by atoms with van der Waals surface area (Å²) in [4.78, 5) is 11.2. The summed E-state index contributed by atoms with van der Waals surface area (Å²) in [6.45, 7) is 12.0. The van der Waals surface area contributed by atoms with Crippen molar-refractivity contribution in [1.29, 1.82) is 0 Å². The van der Waals surface area contributed by atoms with Gasteiger partial charge in [-0.15, -0.1) is 0 Å². The van der Waals surface area contributed by atoms with Crippen molar-refractivity contribution in [3.63, 3.8) is 0 Å². The number of ether oxygens (including phenoxy) is 1. The number of esters is 1. The molecule has 0 spiro atoms. The maximum Gasteiger partial charge on any atom is 0.333 e. The first-order valence-corrected chi connectivity index (χ1v) is 4.31. The lowest BCUT2D eigenvalue weighted by Crippen LogP contribution is -2.14. The normalized spacial score (nSPS) is 10.5. The van der Waals surface area contributed by atoms with Crippen LogP contribution in [0, 0.1) is 11.8 Å². The second kappa shape index (κ2) is 4.96. The quantitative estimate of drug-likeness (QED) is 0.478. The highest BCUT2D eigenvalue weighted by Crippen LogP contribution is 2.09. The van der Waals surface area contributed by atoms with Crippen LogP contribution in [0.15, 0.2) is 12.2 Å². The first-order chi connectivity index (χ1) is 5.45. The van der Waals surface area contributed by atoms with E-state index in [1.165, 1.54) is 0 Å². The molecule has 0 aliphatic carbocycles. The summed E-state index contributed by atoms with van der Waals surface area (Å²) in [6.07, 6.45) is 0. The van der Waals surface area contributed by atoms with E-state index >= 15 is 0 Å². The Kier molecular flexibility index (Phi) is 4.64. The fraction of sp³-hybridized carbons (Fsp3) is 0.700. The van der Waals surface area contributed by atoms with Crippen molar-refractivity contribution >= 4 is 5.97 Å².